The summed E-state index contributed by atoms with van der Waals surface area (Å²) in [5.74, 6) is 0.681. The van der Waals surface area contributed by atoms with Crippen molar-refractivity contribution in [3.05, 3.63) is 28.8 Å². The highest BCUT2D eigenvalue weighted by molar-refractivity contribution is 7.05. The van der Waals surface area contributed by atoms with Gasteiger partial charge in [-0.1, -0.05) is 24.8 Å². The zero-order valence-electron chi connectivity index (χ0n) is 10.7. The fourth-order valence-electron chi connectivity index (χ4n) is 1.95. The Morgan fingerprint density at radius 3 is 2.94 bits per heavy atom. The number of aliphatic hydroxyl groups excluding tert-OH is 1. The molecule has 0 bridgehead atoms. The third kappa shape index (κ3) is 2.59. The minimum Gasteiger partial charge on any atom is -0.379 e. The quantitative estimate of drug-likeness (QED) is 0.870. The maximum Gasteiger partial charge on any atom is 0.149 e. The molecule has 18 heavy (non-hydrogen) atoms. The van der Waals surface area contributed by atoms with E-state index in [4.69, 9.17) is 0 Å². The Kier molecular flexibility index (Phi) is 4.43. The number of rotatable bonds is 6. The molecule has 1 unspecified atom stereocenters. The molecule has 2 aromatic heterocycles. The number of aliphatic hydroxyl groups is 1. The molecule has 5 nitrogen and oxygen atoms in total. The highest BCUT2D eigenvalue weighted by atomic mass is 32.1. The van der Waals surface area contributed by atoms with Crippen LogP contribution in [-0.4, -0.2) is 24.2 Å². The Balaban J connectivity index is 2.26. The van der Waals surface area contributed by atoms with Crippen molar-refractivity contribution in [3.8, 4) is 0 Å². The van der Waals surface area contributed by atoms with Crippen molar-refractivity contribution in [1.29, 1.82) is 0 Å². The van der Waals surface area contributed by atoms with Gasteiger partial charge in [0.25, 0.3) is 0 Å². The van der Waals surface area contributed by atoms with Crippen molar-refractivity contribution in [3.63, 3.8) is 0 Å². The molecule has 0 saturated carbocycles. The van der Waals surface area contributed by atoms with Gasteiger partial charge in [-0.15, -0.1) is 5.10 Å². The van der Waals surface area contributed by atoms with Gasteiger partial charge in [0.15, 0.2) is 0 Å². The van der Waals surface area contributed by atoms with E-state index < -0.39 is 6.10 Å². The summed E-state index contributed by atoms with van der Waals surface area (Å²) in [5, 5.41) is 14.5. The molecule has 0 aromatic carbocycles. The fraction of sp³-hybridized carbons (Fsp3) is 0.583. The lowest BCUT2D eigenvalue weighted by Crippen LogP contribution is -2.10. The summed E-state index contributed by atoms with van der Waals surface area (Å²) in [7, 11) is 0. The van der Waals surface area contributed by atoms with E-state index in [1.807, 2.05) is 10.8 Å². The summed E-state index contributed by atoms with van der Waals surface area (Å²) in [6.07, 6.45) is 5.76. The average Bonchev–Trinajstić information content (AvgIpc) is 2.98. The van der Waals surface area contributed by atoms with Crippen molar-refractivity contribution < 1.29 is 5.11 Å². The summed E-state index contributed by atoms with van der Waals surface area (Å²) >= 11 is 1.26. The van der Waals surface area contributed by atoms with Crippen LogP contribution in [0.15, 0.2) is 12.4 Å². The predicted octanol–water partition coefficient (Wildman–Crippen LogP) is 2.18. The first-order chi connectivity index (χ1) is 8.77. The van der Waals surface area contributed by atoms with Crippen LogP contribution in [0.1, 0.15) is 49.2 Å². The van der Waals surface area contributed by atoms with Crippen molar-refractivity contribution in [1.82, 2.24) is 19.1 Å². The molecule has 0 spiro atoms. The van der Waals surface area contributed by atoms with Gasteiger partial charge in [0.05, 0.1) is 10.6 Å². The zero-order valence-corrected chi connectivity index (χ0v) is 11.5. The number of aryl methyl sites for hydroxylation is 2. The third-order valence-electron chi connectivity index (χ3n) is 2.78. The molecular formula is C12H18N4OS. The number of imidazole rings is 1. The second-order valence-corrected chi connectivity index (χ2v) is 5.00. The molecule has 0 aliphatic rings. The summed E-state index contributed by atoms with van der Waals surface area (Å²) in [5.41, 5.74) is 0.890. The van der Waals surface area contributed by atoms with E-state index in [0.29, 0.717) is 5.82 Å². The molecule has 0 saturated heterocycles. The molecule has 6 heteroatoms. The topological polar surface area (TPSA) is 63.8 Å². The molecule has 0 aliphatic carbocycles. The molecular weight excluding hydrogens is 248 g/mol. The van der Waals surface area contributed by atoms with Crippen LogP contribution in [0.5, 0.6) is 0 Å². The lowest BCUT2D eigenvalue weighted by atomic mass is 10.1. The van der Waals surface area contributed by atoms with Gasteiger partial charge in [-0.3, -0.25) is 0 Å². The number of aromatic nitrogens is 4. The molecule has 98 valence electrons. The fourth-order valence-corrected chi connectivity index (χ4v) is 2.63. The monoisotopic (exact) mass is 266 g/mol. The van der Waals surface area contributed by atoms with E-state index in [2.05, 4.69) is 28.4 Å². The van der Waals surface area contributed by atoms with E-state index in [1.165, 1.54) is 11.5 Å². The van der Waals surface area contributed by atoms with Gasteiger partial charge in [0, 0.05) is 18.9 Å². The third-order valence-corrected chi connectivity index (χ3v) is 3.60. The van der Waals surface area contributed by atoms with Crippen molar-refractivity contribution in [2.75, 3.05) is 0 Å². The molecule has 1 N–H and O–H groups in total. The van der Waals surface area contributed by atoms with Gasteiger partial charge < -0.3 is 9.67 Å². The summed E-state index contributed by atoms with van der Waals surface area (Å²) in [6, 6.07) is 0. The Hall–Kier alpha value is -1.27. The maximum absolute atomic E-state index is 10.4. The Labute approximate surface area is 111 Å². The molecule has 0 radical (unpaired) electrons. The van der Waals surface area contributed by atoms with Crippen LogP contribution in [0.2, 0.25) is 0 Å². The standard InChI is InChI=1S/C12H18N4OS/c1-3-5-9-11(18-15-14-9)10(17)12-13-6-8-16(12)7-4-2/h6,8,10,17H,3-5,7H2,1-2H3. The SMILES string of the molecule is CCCc1nnsc1C(O)c1nccn1CCC. The molecule has 0 fully saturated rings. The van der Waals surface area contributed by atoms with Gasteiger partial charge in [-0.25, -0.2) is 4.98 Å². The summed E-state index contributed by atoms with van der Waals surface area (Å²) in [6.45, 7) is 5.06. The van der Waals surface area contributed by atoms with Crippen molar-refractivity contribution in [2.45, 2.75) is 45.8 Å². The number of nitrogens with zero attached hydrogens (tertiary/aromatic N) is 4. The van der Waals surface area contributed by atoms with Crippen LogP contribution in [0, 0.1) is 0 Å². The van der Waals surface area contributed by atoms with Gasteiger partial charge in [0.1, 0.15) is 11.9 Å². The minimum absolute atomic E-state index is 0.681. The molecule has 2 rings (SSSR count). The minimum atomic E-state index is -0.715. The molecule has 0 amide bonds. The zero-order chi connectivity index (χ0) is 13.0. The Morgan fingerprint density at radius 1 is 1.39 bits per heavy atom. The second kappa shape index (κ2) is 6.06. The lowest BCUT2D eigenvalue weighted by Gasteiger charge is -2.11. The summed E-state index contributed by atoms with van der Waals surface area (Å²) < 4.78 is 5.93. The lowest BCUT2D eigenvalue weighted by molar-refractivity contribution is 0.206. The predicted molar refractivity (Wildman–Crippen MR) is 70.5 cm³/mol. The Bertz CT molecular complexity index is 449. The largest absolute Gasteiger partial charge is 0.379 e. The van der Waals surface area contributed by atoms with Gasteiger partial charge in [0.2, 0.25) is 0 Å². The van der Waals surface area contributed by atoms with Crippen LogP contribution >= 0.6 is 11.5 Å². The molecule has 1 atom stereocenters. The maximum atomic E-state index is 10.4. The second-order valence-electron chi connectivity index (χ2n) is 4.22. The van der Waals surface area contributed by atoms with Crippen LogP contribution in [0.25, 0.3) is 0 Å². The highest BCUT2D eigenvalue weighted by Gasteiger charge is 2.22. The van der Waals surface area contributed by atoms with E-state index >= 15 is 0 Å². The number of hydrogen-bond donors (Lipinski definition) is 1. The van der Waals surface area contributed by atoms with Crippen molar-refractivity contribution in [2.24, 2.45) is 0 Å². The van der Waals surface area contributed by atoms with E-state index in [9.17, 15) is 5.11 Å². The van der Waals surface area contributed by atoms with Gasteiger partial charge in [-0.2, -0.15) is 0 Å². The van der Waals surface area contributed by atoms with E-state index in [-0.39, 0.29) is 0 Å². The first kappa shape index (κ1) is 13.2. The molecule has 0 aliphatic heterocycles. The van der Waals surface area contributed by atoms with Crippen molar-refractivity contribution >= 4 is 11.5 Å². The van der Waals surface area contributed by atoms with E-state index in [0.717, 1.165) is 36.4 Å². The van der Waals surface area contributed by atoms with Gasteiger partial charge >= 0.3 is 0 Å². The summed E-state index contributed by atoms with van der Waals surface area (Å²) in [4.78, 5) is 5.08. The Morgan fingerprint density at radius 2 is 2.22 bits per heavy atom. The van der Waals surface area contributed by atoms with Crippen LogP contribution in [0.4, 0.5) is 0 Å². The van der Waals surface area contributed by atoms with Crippen LogP contribution in [0.3, 0.4) is 0 Å². The number of hydrogen-bond acceptors (Lipinski definition) is 5. The van der Waals surface area contributed by atoms with E-state index in [1.54, 1.807) is 6.20 Å². The first-order valence-corrected chi connectivity index (χ1v) is 7.05. The molecule has 2 aromatic rings. The smallest absolute Gasteiger partial charge is 0.149 e. The first-order valence-electron chi connectivity index (χ1n) is 6.28. The highest BCUT2D eigenvalue weighted by Crippen LogP contribution is 2.26. The average molecular weight is 266 g/mol. The van der Waals surface area contributed by atoms with Gasteiger partial charge in [-0.05, 0) is 24.4 Å². The van der Waals surface area contributed by atoms with Crippen LogP contribution < -0.4 is 0 Å². The molecule has 2 heterocycles. The van der Waals surface area contributed by atoms with Crippen LogP contribution in [-0.2, 0) is 13.0 Å². The normalized spacial score (nSPS) is 12.8.